The first-order valence-electron chi connectivity index (χ1n) is 3.63. The molecule has 0 spiro atoms. The van der Waals surface area contributed by atoms with Crippen molar-refractivity contribution in [1.29, 1.82) is 0 Å². The van der Waals surface area contributed by atoms with Gasteiger partial charge >= 0.3 is 0 Å². The van der Waals surface area contributed by atoms with Gasteiger partial charge in [-0.15, -0.1) is 0 Å². The average Bonchev–Trinajstić information content (AvgIpc) is 2.05. The van der Waals surface area contributed by atoms with Gasteiger partial charge in [-0.3, -0.25) is 9.00 Å². The van der Waals surface area contributed by atoms with Crippen LogP contribution in [0, 0.1) is 0 Å². The maximum absolute atomic E-state index is 11.3. The highest BCUT2D eigenvalue weighted by Crippen LogP contribution is 2.04. The van der Waals surface area contributed by atoms with E-state index in [1.807, 2.05) is 18.2 Å². The van der Waals surface area contributed by atoms with Crippen LogP contribution in [-0.2, 0) is 15.6 Å². The van der Waals surface area contributed by atoms with Crippen LogP contribution < -0.4 is 0 Å². The van der Waals surface area contributed by atoms with Crippen LogP contribution in [0.15, 0.2) is 35.2 Å². The van der Waals surface area contributed by atoms with E-state index in [9.17, 15) is 9.00 Å². The number of hydrogen-bond donors (Lipinski definition) is 0. The van der Waals surface area contributed by atoms with E-state index in [-0.39, 0.29) is 11.5 Å². The van der Waals surface area contributed by atoms with Crippen LogP contribution in [0.4, 0.5) is 0 Å². The quantitative estimate of drug-likeness (QED) is 0.709. The number of carbonyl (C=O) groups excluding carboxylic acids is 1. The predicted octanol–water partition coefficient (Wildman–Crippen LogP) is 1.38. The molecule has 0 aliphatic rings. The smallest absolute Gasteiger partial charge is 0.142 e. The summed E-state index contributed by atoms with van der Waals surface area (Å²) in [4.78, 5) is 11.3. The van der Waals surface area contributed by atoms with Gasteiger partial charge in [-0.05, 0) is 19.1 Å². The third-order valence-electron chi connectivity index (χ3n) is 1.34. The molecule has 12 heavy (non-hydrogen) atoms. The molecular weight excluding hydrogens is 173 g/mol. The van der Waals surface area contributed by atoms with Crippen molar-refractivity contribution in [3.8, 4) is 0 Å². The number of benzene rings is 1. The summed E-state index contributed by atoms with van der Waals surface area (Å²) in [6, 6.07) is 9.01. The second-order valence-corrected chi connectivity index (χ2v) is 3.96. The van der Waals surface area contributed by atoms with Crippen LogP contribution in [0.1, 0.15) is 6.92 Å². The van der Waals surface area contributed by atoms with Gasteiger partial charge in [-0.2, -0.15) is 0 Å². The second-order valence-electron chi connectivity index (χ2n) is 2.50. The number of ketones is 1. The Kier molecular flexibility index (Phi) is 3.17. The zero-order valence-corrected chi connectivity index (χ0v) is 7.64. The summed E-state index contributed by atoms with van der Waals surface area (Å²) < 4.78 is 11.3. The Labute approximate surface area is 74.1 Å². The second kappa shape index (κ2) is 4.16. The molecule has 0 radical (unpaired) electrons. The van der Waals surface area contributed by atoms with Crippen LogP contribution in [0.25, 0.3) is 0 Å². The number of Topliss-reactive ketones (excluding diaryl/α,β-unsaturated/α-hetero) is 1. The lowest BCUT2D eigenvalue weighted by Gasteiger charge is -1.97. The summed E-state index contributed by atoms with van der Waals surface area (Å²) in [5, 5.41) is 0. The molecule has 1 aromatic rings. The molecule has 3 heteroatoms. The first-order valence-corrected chi connectivity index (χ1v) is 4.95. The van der Waals surface area contributed by atoms with Crippen LogP contribution in [0.5, 0.6) is 0 Å². The van der Waals surface area contributed by atoms with Crippen molar-refractivity contribution in [2.45, 2.75) is 11.8 Å². The topological polar surface area (TPSA) is 34.1 Å². The maximum Gasteiger partial charge on any atom is 0.142 e. The normalized spacial score (nSPS) is 12.4. The molecule has 0 bridgehead atoms. The lowest BCUT2D eigenvalue weighted by molar-refractivity contribution is -0.114. The van der Waals surface area contributed by atoms with Gasteiger partial charge in [0.05, 0.1) is 16.6 Å². The van der Waals surface area contributed by atoms with E-state index < -0.39 is 10.8 Å². The van der Waals surface area contributed by atoms with Gasteiger partial charge in [-0.25, -0.2) is 0 Å². The van der Waals surface area contributed by atoms with Gasteiger partial charge in [0.1, 0.15) is 5.78 Å². The first-order chi connectivity index (χ1) is 5.70. The molecule has 1 unspecified atom stereocenters. The van der Waals surface area contributed by atoms with Crippen molar-refractivity contribution >= 4 is 16.6 Å². The molecule has 1 rings (SSSR count). The molecular formula is C9H10O2S. The Morgan fingerprint density at radius 3 is 2.42 bits per heavy atom. The first kappa shape index (κ1) is 9.13. The number of carbonyl (C=O) groups is 1. The summed E-state index contributed by atoms with van der Waals surface area (Å²) in [5.41, 5.74) is 0. The number of rotatable bonds is 3. The van der Waals surface area contributed by atoms with Crippen LogP contribution in [0.2, 0.25) is 0 Å². The van der Waals surface area contributed by atoms with E-state index in [4.69, 9.17) is 0 Å². The van der Waals surface area contributed by atoms with Crippen molar-refractivity contribution in [2.24, 2.45) is 0 Å². The molecule has 0 fully saturated rings. The maximum atomic E-state index is 11.3. The standard InChI is InChI=1S/C9H10O2S/c1-8(10)7-12(11)9-5-3-2-4-6-9/h2-6H,7H2,1H3/i9+1. The fraction of sp³-hybridized carbons (Fsp3) is 0.222. The van der Waals surface area contributed by atoms with E-state index >= 15 is 0 Å². The lowest BCUT2D eigenvalue weighted by atomic mass is 10.5. The summed E-state index contributed by atoms with van der Waals surface area (Å²) >= 11 is 0. The summed E-state index contributed by atoms with van der Waals surface area (Å²) in [6.45, 7) is 1.45. The summed E-state index contributed by atoms with van der Waals surface area (Å²) in [6.07, 6.45) is 0. The van der Waals surface area contributed by atoms with E-state index in [1.54, 1.807) is 12.1 Å². The van der Waals surface area contributed by atoms with Crippen molar-refractivity contribution in [3.63, 3.8) is 0 Å². The van der Waals surface area contributed by atoms with Gasteiger partial charge in [0, 0.05) is 4.90 Å². The average molecular weight is 183 g/mol. The molecule has 0 saturated heterocycles. The van der Waals surface area contributed by atoms with Crippen molar-refractivity contribution < 1.29 is 9.00 Å². The molecule has 0 aliphatic heterocycles. The van der Waals surface area contributed by atoms with Crippen LogP contribution in [0.3, 0.4) is 0 Å². The van der Waals surface area contributed by atoms with Gasteiger partial charge in [0.15, 0.2) is 0 Å². The van der Waals surface area contributed by atoms with Crippen molar-refractivity contribution in [1.82, 2.24) is 0 Å². The van der Waals surface area contributed by atoms with Crippen LogP contribution in [-0.4, -0.2) is 15.7 Å². The van der Waals surface area contributed by atoms with Gasteiger partial charge in [0.2, 0.25) is 0 Å². The largest absolute Gasteiger partial charge is 0.299 e. The lowest BCUT2D eigenvalue weighted by Crippen LogP contribution is -2.05. The summed E-state index contributed by atoms with van der Waals surface area (Å²) in [7, 11) is -1.16. The molecule has 0 heterocycles. The highest BCUT2D eigenvalue weighted by atomic mass is 32.2. The van der Waals surface area contributed by atoms with Crippen molar-refractivity contribution in [3.05, 3.63) is 30.3 Å². The van der Waals surface area contributed by atoms with E-state index in [1.165, 1.54) is 6.92 Å². The Morgan fingerprint density at radius 1 is 1.33 bits per heavy atom. The molecule has 2 nitrogen and oxygen atoms in total. The molecule has 64 valence electrons. The molecule has 0 aromatic heterocycles. The zero-order chi connectivity index (χ0) is 8.97. The van der Waals surface area contributed by atoms with Crippen molar-refractivity contribution in [2.75, 3.05) is 5.75 Å². The molecule has 1 atom stereocenters. The zero-order valence-electron chi connectivity index (χ0n) is 6.82. The molecule has 0 aliphatic carbocycles. The fourth-order valence-electron chi connectivity index (χ4n) is 0.840. The highest BCUT2D eigenvalue weighted by molar-refractivity contribution is 7.85. The minimum Gasteiger partial charge on any atom is -0.299 e. The Morgan fingerprint density at radius 2 is 1.92 bits per heavy atom. The highest BCUT2D eigenvalue weighted by Gasteiger charge is 2.04. The predicted molar refractivity (Wildman–Crippen MR) is 48.4 cm³/mol. The molecule has 1 aromatic carbocycles. The van der Waals surface area contributed by atoms with E-state index in [0.717, 1.165) is 0 Å². The SMILES string of the molecule is CC(=O)CS(=O)[13c]1ccccc1. The Bertz CT molecular complexity index is 293. The Hall–Kier alpha value is -0.960. The minimum absolute atomic E-state index is 0.0443. The van der Waals surface area contributed by atoms with Crippen LogP contribution >= 0.6 is 0 Å². The molecule has 0 N–H and O–H groups in total. The fourth-order valence-corrected chi connectivity index (χ4v) is 1.84. The monoisotopic (exact) mass is 183 g/mol. The minimum atomic E-state index is -1.16. The van der Waals surface area contributed by atoms with E-state index in [2.05, 4.69) is 0 Å². The van der Waals surface area contributed by atoms with Gasteiger partial charge < -0.3 is 0 Å². The Balaban J connectivity index is 2.73. The van der Waals surface area contributed by atoms with Gasteiger partial charge in [-0.1, -0.05) is 18.2 Å². The molecule has 0 amide bonds. The van der Waals surface area contributed by atoms with Gasteiger partial charge in [0.25, 0.3) is 0 Å². The molecule has 0 saturated carbocycles. The number of hydrogen-bond acceptors (Lipinski definition) is 2. The third kappa shape index (κ3) is 2.58. The third-order valence-corrected chi connectivity index (χ3v) is 2.81. The summed E-state index contributed by atoms with van der Waals surface area (Å²) in [5.74, 6) is 0.0708. The van der Waals surface area contributed by atoms with E-state index in [0.29, 0.717) is 4.90 Å².